The molecule has 1 aliphatic heterocycles. The third-order valence-corrected chi connectivity index (χ3v) is 4.65. The molecule has 0 bridgehead atoms. The first-order valence-corrected chi connectivity index (χ1v) is 8.75. The van der Waals surface area contributed by atoms with Gasteiger partial charge in [-0.3, -0.25) is 0 Å². The molecule has 1 aromatic heterocycles. The van der Waals surface area contributed by atoms with E-state index in [4.69, 9.17) is 9.47 Å². The van der Waals surface area contributed by atoms with Crippen LogP contribution >= 0.6 is 0 Å². The highest BCUT2D eigenvalue weighted by molar-refractivity contribution is 5.70. The van der Waals surface area contributed by atoms with E-state index in [9.17, 15) is 0 Å². The minimum absolute atomic E-state index is 0.304. The van der Waals surface area contributed by atoms with E-state index in [-0.39, 0.29) is 0 Å². The van der Waals surface area contributed by atoms with E-state index in [1.165, 1.54) is 5.56 Å². The normalized spacial score (nSPS) is 15.4. The first-order chi connectivity index (χ1) is 13.2. The smallest absolute Gasteiger partial charge is 0.249 e. The minimum Gasteiger partial charge on any atom is -0.497 e. The predicted octanol–water partition coefficient (Wildman–Crippen LogP) is 3.72. The van der Waals surface area contributed by atoms with Crippen molar-refractivity contribution in [2.75, 3.05) is 24.4 Å². The second-order valence-corrected chi connectivity index (χ2v) is 6.38. The Balaban J connectivity index is 1.66. The number of hydrogen-bond acceptors (Lipinski definition) is 7. The van der Waals surface area contributed by atoms with Crippen molar-refractivity contribution in [3.8, 4) is 11.5 Å². The number of fused-ring (bicyclic) bond motifs is 1. The lowest BCUT2D eigenvalue weighted by molar-refractivity contribution is 0.405. The lowest BCUT2D eigenvalue weighted by atomic mass is 10.1. The maximum absolute atomic E-state index is 5.41. The van der Waals surface area contributed by atoms with E-state index in [1.807, 2.05) is 24.3 Å². The second-order valence-electron chi connectivity index (χ2n) is 6.38. The van der Waals surface area contributed by atoms with Gasteiger partial charge in [0.05, 0.1) is 26.1 Å². The van der Waals surface area contributed by atoms with Gasteiger partial charge in [-0.15, -0.1) is 5.10 Å². The molecule has 3 aromatic rings. The summed E-state index contributed by atoms with van der Waals surface area (Å²) in [6, 6.07) is 14.2. The van der Waals surface area contributed by atoms with Crippen LogP contribution in [-0.4, -0.2) is 35.4 Å². The molecule has 4 rings (SSSR count). The molecule has 0 saturated carbocycles. The van der Waals surface area contributed by atoms with Crippen molar-refractivity contribution in [3.05, 3.63) is 54.2 Å². The summed E-state index contributed by atoms with van der Waals surface area (Å²) in [6.45, 7) is 2.18. The molecule has 0 fully saturated rings. The molecule has 0 amide bonds. The first-order valence-electron chi connectivity index (χ1n) is 8.75. The zero-order valence-electron chi connectivity index (χ0n) is 15.5. The van der Waals surface area contributed by atoms with Gasteiger partial charge in [-0.2, -0.15) is 10.1 Å². The molecule has 7 heteroatoms. The fourth-order valence-electron chi connectivity index (χ4n) is 3.41. The van der Waals surface area contributed by atoms with Crippen LogP contribution in [0.15, 0.2) is 48.7 Å². The SMILES string of the molecule is COc1ccc(OC)c(Nc2nncc(N3c4ccccc4CC3C)n2)c1. The van der Waals surface area contributed by atoms with E-state index >= 15 is 0 Å². The first kappa shape index (κ1) is 17.1. The third kappa shape index (κ3) is 3.23. The summed E-state index contributed by atoms with van der Waals surface area (Å²) >= 11 is 0. The Bertz CT molecular complexity index is 963. The number of anilines is 4. The summed E-state index contributed by atoms with van der Waals surface area (Å²) in [5, 5.41) is 11.4. The van der Waals surface area contributed by atoms with Crippen LogP contribution < -0.4 is 19.7 Å². The zero-order valence-corrected chi connectivity index (χ0v) is 15.5. The lowest BCUT2D eigenvalue weighted by Gasteiger charge is -2.23. The molecule has 7 nitrogen and oxygen atoms in total. The monoisotopic (exact) mass is 363 g/mol. The summed E-state index contributed by atoms with van der Waals surface area (Å²) in [7, 11) is 3.24. The molecule has 1 atom stereocenters. The highest BCUT2D eigenvalue weighted by Crippen LogP contribution is 2.37. The number of ether oxygens (including phenoxy) is 2. The molecule has 1 unspecified atom stereocenters. The number of hydrogen-bond donors (Lipinski definition) is 1. The van der Waals surface area contributed by atoms with Crippen molar-refractivity contribution >= 4 is 23.1 Å². The summed E-state index contributed by atoms with van der Waals surface area (Å²) in [5.41, 5.74) is 3.19. The molecule has 0 radical (unpaired) electrons. The van der Waals surface area contributed by atoms with Crippen LogP contribution in [0.5, 0.6) is 11.5 Å². The molecule has 0 saturated heterocycles. The summed E-state index contributed by atoms with van der Waals surface area (Å²) in [5.74, 6) is 2.54. The predicted molar refractivity (Wildman–Crippen MR) is 104 cm³/mol. The van der Waals surface area contributed by atoms with Crippen molar-refractivity contribution in [2.45, 2.75) is 19.4 Å². The molecule has 2 aromatic carbocycles. The van der Waals surface area contributed by atoms with Gasteiger partial charge in [0, 0.05) is 17.8 Å². The molecular weight excluding hydrogens is 342 g/mol. The van der Waals surface area contributed by atoms with Crippen molar-refractivity contribution in [1.29, 1.82) is 0 Å². The fourth-order valence-corrected chi connectivity index (χ4v) is 3.41. The van der Waals surface area contributed by atoms with Gasteiger partial charge in [-0.05, 0) is 37.1 Å². The highest BCUT2D eigenvalue weighted by Gasteiger charge is 2.28. The maximum Gasteiger partial charge on any atom is 0.249 e. The summed E-state index contributed by atoms with van der Waals surface area (Å²) in [4.78, 5) is 6.87. The zero-order chi connectivity index (χ0) is 18.8. The molecule has 0 aliphatic carbocycles. The largest absolute Gasteiger partial charge is 0.497 e. The number of methoxy groups -OCH3 is 2. The third-order valence-electron chi connectivity index (χ3n) is 4.65. The van der Waals surface area contributed by atoms with Gasteiger partial charge < -0.3 is 19.7 Å². The average molecular weight is 363 g/mol. The standard InChI is InChI=1S/C20H21N5O2/c1-13-10-14-6-4-5-7-17(14)25(13)19-12-21-24-20(23-19)22-16-11-15(26-2)8-9-18(16)27-3/h4-9,11-13H,10H2,1-3H3,(H,22,23,24). The van der Waals surface area contributed by atoms with E-state index in [0.29, 0.717) is 29.2 Å². The lowest BCUT2D eigenvalue weighted by Crippen LogP contribution is -2.25. The molecule has 0 spiro atoms. The number of nitrogens with zero attached hydrogens (tertiary/aromatic N) is 4. The van der Waals surface area contributed by atoms with E-state index < -0.39 is 0 Å². The van der Waals surface area contributed by atoms with Gasteiger partial charge in [-0.25, -0.2) is 0 Å². The maximum atomic E-state index is 5.41. The Labute approximate surface area is 158 Å². The Morgan fingerprint density at radius 2 is 1.96 bits per heavy atom. The van der Waals surface area contributed by atoms with Gasteiger partial charge >= 0.3 is 0 Å². The van der Waals surface area contributed by atoms with Crippen molar-refractivity contribution in [2.24, 2.45) is 0 Å². The number of aromatic nitrogens is 3. The van der Waals surface area contributed by atoms with Gasteiger partial charge in [0.15, 0.2) is 5.82 Å². The summed E-state index contributed by atoms with van der Waals surface area (Å²) < 4.78 is 10.7. The highest BCUT2D eigenvalue weighted by atomic mass is 16.5. The Morgan fingerprint density at radius 3 is 2.78 bits per heavy atom. The van der Waals surface area contributed by atoms with Gasteiger partial charge in [-0.1, -0.05) is 18.2 Å². The minimum atomic E-state index is 0.304. The fraction of sp³-hybridized carbons (Fsp3) is 0.250. The second kappa shape index (κ2) is 7.11. The van der Waals surface area contributed by atoms with Crippen LogP contribution in [0.4, 0.5) is 23.1 Å². The van der Waals surface area contributed by atoms with E-state index in [1.54, 1.807) is 20.4 Å². The van der Waals surface area contributed by atoms with Gasteiger partial charge in [0.2, 0.25) is 5.95 Å². The van der Waals surface area contributed by atoms with Crippen LogP contribution in [0.2, 0.25) is 0 Å². The van der Waals surface area contributed by atoms with Crippen LogP contribution in [-0.2, 0) is 6.42 Å². The molecular formula is C20H21N5O2. The molecule has 2 heterocycles. The Kier molecular flexibility index (Phi) is 4.50. The van der Waals surface area contributed by atoms with Crippen LogP contribution in [0, 0.1) is 0 Å². The van der Waals surface area contributed by atoms with E-state index in [0.717, 1.165) is 17.9 Å². The molecule has 27 heavy (non-hydrogen) atoms. The van der Waals surface area contributed by atoms with Crippen LogP contribution in [0.3, 0.4) is 0 Å². The van der Waals surface area contributed by atoms with Crippen molar-refractivity contribution < 1.29 is 9.47 Å². The molecule has 1 aliphatic rings. The molecule has 138 valence electrons. The van der Waals surface area contributed by atoms with Crippen LogP contribution in [0.25, 0.3) is 0 Å². The Morgan fingerprint density at radius 1 is 1.11 bits per heavy atom. The Hall–Kier alpha value is -3.35. The van der Waals surface area contributed by atoms with Crippen molar-refractivity contribution in [3.63, 3.8) is 0 Å². The van der Waals surface area contributed by atoms with E-state index in [2.05, 4.69) is 50.5 Å². The molecule has 1 N–H and O–H groups in total. The number of para-hydroxylation sites is 1. The summed E-state index contributed by atoms with van der Waals surface area (Å²) in [6.07, 6.45) is 2.67. The number of benzene rings is 2. The number of nitrogens with one attached hydrogen (secondary N) is 1. The average Bonchev–Trinajstić information content (AvgIpc) is 3.03. The number of rotatable bonds is 5. The van der Waals surface area contributed by atoms with Gasteiger partial charge in [0.1, 0.15) is 11.5 Å². The topological polar surface area (TPSA) is 72.4 Å². The van der Waals surface area contributed by atoms with Crippen molar-refractivity contribution in [1.82, 2.24) is 15.2 Å². The van der Waals surface area contributed by atoms with Gasteiger partial charge in [0.25, 0.3) is 0 Å². The van der Waals surface area contributed by atoms with Crippen LogP contribution in [0.1, 0.15) is 12.5 Å². The quantitative estimate of drug-likeness (QED) is 0.741.